The quantitative estimate of drug-likeness (QED) is 0.739. The molecule has 7 heteroatoms. The van der Waals surface area contributed by atoms with Crippen molar-refractivity contribution in [3.8, 4) is 11.4 Å². The van der Waals surface area contributed by atoms with Crippen molar-refractivity contribution >= 4 is 11.8 Å². The first-order valence-corrected chi connectivity index (χ1v) is 7.94. The summed E-state index contributed by atoms with van der Waals surface area (Å²) in [7, 11) is 0. The van der Waals surface area contributed by atoms with Gasteiger partial charge in [-0.1, -0.05) is 32.9 Å². The van der Waals surface area contributed by atoms with Crippen molar-refractivity contribution in [1.29, 1.82) is 0 Å². The van der Waals surface area contributed by atoms with Crippen molar-refractivity contribution in [3.05, 3.63) is 48.2 Å². The molecular formula is C16H16FN5S. The zero-order valence-corrected chi connectivity index (χ0v) is 13.9. The fourth-order valence-corrected chi connectivity index (χ4v) is 2.60. The zero-order valence-electron chi connectivity index (χ0n) is 13.0. The van der Waals surface area contributed by atoms with Gasteiger partial charge in [0.1, 0.15) is 16.7 Å². The van der Waals surface area contributed by atoms with E-state index in [1.165, 1.54) is 17.8 Å². The van der Waals surface area contributed by atoms with Crippen molar-refractivity contribution < 1.29 is 4.39 Å². The number of benzene rings is 1. The molecule has 0 aliphatic heterocycles. The van der Waals surface area contributed by atoms with Crippen molar-refractivity contribution in [2.45, 2.75) is 36.4 Å². The van der Waals surface area contributed by atoms with E-state index in [1.807, 2.05) is 0 Å². The molecule has 0 bridgehead atoms. The SMILES string of the molecule is CC(C)(C)c1nccc(Sc2n[nH]c(-c3ccccc3F)n2)n1. The first-order chi connectivity index (χ1) is 10.9. The molecule has 0 unspecified atom stereocenters. The summed E-state index contributed by atoms with van der Waals surface area (Å²) in [6, 6.07) is 8.25. The normalized spacial score (nSPS) is 11.7. The van der Waals surface area contributed by atoms with Crippen molar-refractivity contribution in [2.24, 2.45) is 0 Å². The van der Waals surface area contributed by atoms with Crippen LogP contribution < -0.4 is 0 Å². The summed E-state index contributed by atoms with van der Waals surface area (Å²) in [5, 5.41) is 8.12. The molecule has 0 atom stereocenters. The fraction of sp³-hybridized carbons (Fsp3) is 0.250. The van der Waals surface area contributed by atoms with Crippen LogP contribution in [-0.2, 0) is 5.41 Å². The van der Waals surface area contributed by atoms with E-state index >= 15 is 0 Å². The Morgan fingerprint density at radius 1 is 1.09 bits per heavy atom. The van der Waals surface area contributed by atoms with Crippen LogP contribution in [0.1, 0.15) is 26.6 Å². The van der Waals surface area contributed by atoms with Gasteiger partial charge in [-0.3, -0.25) is 5.10 Å². The van der Waals surface area contributed by atoms with Crippen molar-refractivity contribution in [2.75, 3.05) is 0 Å². The van der Waals surface area contributed by atoms with Gasteiger partial charge in [0.2, 0.25) is 5.16 Å². The van der Waals surface area contributed by atoms with Gasteiger partial charge in [-0.2, -0.15) is 0 Å². The summed E-state index contributed by atoms with van der Waals surface area (Å²) in [5.74, 6) is 0.820. The van der Waals surface area contributed by atoms with Crippen LogP contribution in [0.2, 0.25) is 0 Å². The van der Waals surface area contributed by atoms with E-state index in [-0.39, 0.29) is 11.2 Å². The summed E-state index contributed by atoms with van der Waals surface area (Å²) < 4.78 is 13.8. The van der Waals surface area contributed by atoms with Crippen LogP contribution in [0.3, 0.4) is 0 Å². The average Bonchev–Trinajstić information content (AvgIpc) is 2.95. The molecule has 2 aromatic heterocycles. The third kappa shape index (κ3) is 3.56. The summed E-state index contributed by atoms with van der Waals surface area (Å²) in [6.45, 7) is 6.17. The second-order valence-electron chi connectivity index (χ2n) is 6.02. The number of nitrogens with zero attached hydrogens (tertiary/aromatic N) is 4. The molecule has 0 spiro atoms. The van der Waals surface area contributed by atoms with Gasteiger partial charge >= 0.3 is 0 Å². The number of nitrogens with one attached hydrogen (secondary N) is 1. The Morgan fingerprint density at radius 3 is 2.61 bits per heavy atom. The molecule has 1 N–H and O–H groups in total. The van der Waals surface area contributed by atoms with Crippen LogP contribution in [0.5, 0.6) is 0 Å². The van der Waals surface area contributed by atoms with Gasteiger partial charge in [-0.25, -0.2) is 19.3 Å². The van der Waals surface area contributed by atoms with Crippen molar-refractivity contribution in [1.82, 2.24) is 25.1 Å². The summed E-state index contributed by atoms with van der Waals surface area (Å²) in [6.07, 6.45) is 1.72. The molecule has 0 aliphatic rings. The Hall–Kier alpha value is -2.28. The lowest BCUT2D eigenvalue weighted by Gasteiger charge is -2.16. The van der Waals surface area contributed by atoms with Crippen LogP contribution in [0.25, 0.3) is 11.4 Å². The molecule has 0 saturated carbocycles. The number of aromatic nitrogens is 5. The Balaban J connectivity index is 1.84. The minimum Gasteiger partial charge on any atom is -0.258 e. The zero-order chi connectivity index (χ0) is 16.4. The Kier molecular flexibility index (Phi) is 4.12. The molecule has 1 aromatic carbocycles. The number of hydrogen-bond acceptors (Lipinski definition) is 5. The standard InChI is InChI=1S/C16H16FN5S/c1-16(2,3)14-18-9-8-12(19-14)23-15-20-13(21-22-15)10-6-4-5-7-11(10)17/h4-9H,1-3H3,(H,20,21,22). The molecule has 0 amide bonds. The lowest BCUT2D eigenvalue weighted by atomic mass is 9.96. The minimum atomic E-state index is -0.336. The van der Waals surface area contributed by atoms with Crippen LogP contribution >= 0.6 is 11.8 Å². The highest BCUT2D eigenvalue weighted by atomic mass is 32.2. The predicted octanol–water partition coefficient (Wildman–Crippen LogP) is 3.85. The number of H-pyrrole nitrogens is 1. The van der Waals surface area contributed by atoms with E-state index < -0.39 is 0 Å². The second kappa shape index (κ2) is 6.08. The largest absolute Gasteiger partial charge is 0.258 e. The molecule has 23 heavy (non-hydrogen) atoms. The molecule has 3 rings (SSSR count). The fourth-order valence-electron chi connectivity index (χ4n) is 1.92. The van der Waals surface area contributed by atoms with Gasteiger partial charge in [-0.05, 0) is 30.0 Å². The molecule has 0 saturated heterocycles. The highest BCUT2D eigenvalue weighted by Crippen LogP contribution is 2.27. The molecule has 5 nitrogen and oxygen atoms in total. The maximum absolute atomic E-state index is 13.8. The van der Waals surface area contributed by atoms with E-state index in [1.54, 1.807) is 30.5 Å². The molecule has 2 heterocycles. The maximum atomic E-state index is 13.8. The van der Waals surface area contributed by atoms with Gasteiger partial charge in [0.05, 0.1) is 5.56 Å². The predicted molar refractivity (Wildman–Crippen MR) is 86.6 cm³/mol. The molecule has 0 radical (unpaired) electrons. The molecule has 0 fully saturated rings. The highest BCUT2D eigenvalue weighted by molar-refractivity contribution is 7.99. The lowest BCUT2D eigenvalue weighted by molar-refractivity contribution is 0.538. The second-order valence-corrected chi connectivity index (χ2v) is 7.00. The molecule has 118 valence electrons. The van der Waals surface area contributed by atoms with Gasteiger partial charge < -0.3 is 0 Å². The van der Waals surface area contributed by atoms with Gasteiger partial charge in [-0.15, -0.1) is 5.10 Å². The summed E-state index contributed by atoms with van der Waals surface area (Å²) in [4.78, 5) is 13.1. The van der Waals surface area contributed by atoms with E-state index in [2.05, 4.69) is 45.9 Å². The number of aromatic amines is 1. The Bertz CT molecular complexity index is 825. The monoisotopic (exact) mass is 329 g/mol. The van der Waals surface area contributed by atoms with E-state index in [0.29, 0.717) is 16.5 Å². The van der Waals surface area contributed by atoms with E-state index in [4.69, 9.17) is 0 Å². The average molecular weight is 329 g/mol. The van der Waals surface area contributed by atoms with Crippen LogP contribution in [0.15, 0.2) is 46.7 Å². The molecular weight excluding hydrogens is 313 g/mol. The molecule has 0 aliphatic carbocycles. The smallest absolute Gasteiger partial charge is 0.215 e. The third-order valence-corrected chi connectivity index (χ3v) is 3.89. The Labute approximate surface area is 137 Å². The topological polar surface area (TPSA) is 67.3 Å². The van der Waals surface area contributed by atoms with Crippen LogP contribution in [-0.4, -0.2) is 25.1 Å². The van der Waals surface area contributed by atoms with Gasteiger partial charge in [0, 0.05) is 11.6 Å². The first kappa shape index (κ1) is 15.6. The molecule has 3 aromatic rings. The Morgan fingerprint density at radius 2 is 1.87 bits per heavy atom. The number of halogens is 1. The van der Waals surface area contributed by atoms with Crippen molar-refractivity contribution in [3.63, 3.8) is 0 Å². The van der Waals surface area contributed by atoms with Crippen LogP contribution in [0.4, 0.5) is 4.39 Å². The summed E-state index contributed by atoms with van der Waals surface area (Å²) in [5.41, 5.74) is 0.262. The van der Waals surface area contributed by atoms with Gasteiger partial charge in [0.15, 0.2) is 5.82 Å². The lowest BCUT2D eigenvalue weighted by Crippen LogP contribution is -2.15. The maximum Gasteiger partial charge on any atom is 0.215 e. The van der Waals surface area contributed by atoms with E-state index in [9.17, 15) is 4.39 Å². The van der Waals surface area contributed by atoms with E-state index in [0.717, 1.165) is 10.9 Å². The van der Waals surface area contributed by atoms with Crippen LogP contribution in [0, 0.1) is 5.82 Å². The third-order valence-electron chi connectivity index (χ3n) is 3.09. The number of hydrogen-bond donors (Lipinski definition) is 1. The number of rotatable bonds is 3. The van der Waals surface area contributed by atoms with Gasteiger partial charge in [0.25, 0.3) is 0 Å². The summed E-state index contributed by atoms with van der Waals surface area (Å²) >= 11 is 1.31. The highest BCUT2D eigenvalue weighted by Gasteiger charge is 2.18. The first-order valence-electron chi connectivity index (χ1n) is 7.12. The minimum absolute atomic E-state index is 0.131.